The zero-order valence-electron chi connectivity index (χ0n) is 10.7. The topological polar surface area (TPSA) is 53.1 Å². The Morgan fingerprint density at radius 1 is 1.53 bits per heavy atom. The van der Waals surface area contributed by atoms with Gasteiger partial charge in [-0.15, -0.1) is 0 Å². The Kier molecular flexibility index (Phi) is 3.33. The van der Waals surface area contributed by atoms with Crippen LogP contribution < -0.4 is 10.5 Å². The van der Waals surface area contributed by atoms with Crippen molar-refractivity contribution in [1.29, 1.82) is 0 Å². The molecule has 2 heterocycles. The van der Waals surface area contributed by atoms with Crippen LogP contribution in [0.3, 0.4) is 0 Å². The van der Waals surface area contributed by atoms with Gasteiger partial charge in [0.15, 0.2) is 0 Å². The molecule has 2 N–H and O–H groups in total. The third-order valence-electron chi connectivity index (χ3n) is 3.46. The third-order valence-corrected chi connectivity index (χ3v) is 3.95. The molecule has 0 saturated heterocycles. The highest BCUT2D eigenvalue weighted by Gasteiger charge is 2.28. The summed E-state index contributed by atoms with van der Waals surface area (Å²) in [6.45, 7) is 2.93. The van der Waals surface area contributed by atoms with Crippen molar-refractivity contribution in [3.8, 4) is 5.75 Å². The van der Waals surface area contributed by atoms with Gasteiger partial charge in [0.1, 0.15) is 11.9 Å². The van der Waals surface area contributed by atoms with Crippen LogP contribution in [0.4, 0.5) is 0 Å². The number of fused-ring (bicyclic) bond motifs is 1. The predicted molar refractivity (Wildman–Crippen MR) is 77.0 cm³/mol. The zero-order valence-corrected chi connectivity index (χ0v) is 12.3. The summed E-state index contributed by atoms with van der Waals surface area (Å²) in [5.74, 6) is 0.871. The number of benzene rings is 1. The SMILES string of the molecule is CCn1cc(C2C[C@H](N)c3cc(Br)ccc3O2)cn1. The highest BCUT2D eigenvalue weighted by atomic mass is 79.9. The zero-order chi connectivity index (χ0) is 13.4. The number of nitrogens with zero attached hydrogens (tertiary/aromatic N) is 2. The van der Waals surface area contributed by atoms with E-state index in [1.54, 1.807) is 0 Å². The molecule has 0 bridgehead atoms. The molecule has 1 aromatic heterocycles. The molecular weight excluding hydrogens is 306 g/mol. The Balaban J connectivity index is 1.90. The molecule has 1 aliphatic heterocycles. The van der Waals surface area contributed by atoms with Gasteiger partial charge >= 0.3 is 0 Å². The number of aryl methyl sites for hydroxylation is 1. The number of aromatic nitrogens is 2. The number of ether oxygens (including phenoxy) is 1. The first kappa shape index (κ1) is 12.7. The molecule has 0 radical (unpaired) electrons. The minimum atomic E-state index is -0.0102. The van der Waals surface area contributed by atoms with Crippen molar-refractivity contribution in [3.05, 3.63) is 46.2 Å². The van der Waals surface area contributed by atoms with Gasteiger partial charge in [-0.2, -0.15) is 5.10 Å². The van der Waals surface area contributed by atoms with E-state index in [0.717, 1.165) is 34.3 Å². The Morgan fingerprint density at radius 3 is 3.11 bits per heavy atom. The Morgan fingerprint density at radius 2 is 2.37 bits per heavy atom. The molecule has 0 aliphatic carbocycles. The molecule has 2 aromatic rings. The first-order chi connectivity index (χ1) is 9.17. The van der Waals surface area contributed by atoms with Crippen molar-refractivity contribution in [2.45, 2.75) is 32.0 Å². The second-order valence-electron chi connectivity index (χ2n) is 4.76. The maximum absolute atomic E-state index is 6.25. The minimum absolute atomic E-state index is 0.00349. The van der Waals surface area contributed by atoms with Crippen molar-refractivity contribution in [2.24, 2.45) is 5.73 Å². The fourth-order valence-corrected chi connectivity index (χ4v) is 2.78. The van der Waals surface area contributed by atoms with Crippen molar-refractivity contribution < 1.29 is 4.74 Å². The lowest BCUT2D eigenvalue weighted by Gasteiger charge is -2.29. The lowest BCUT2D eigenvalue weighted by atomic mass is 9.95. The largest absolute Gasteiger partial charge is 0.485 e. The minimum Gasteiger partial charge on any atom is -0.485 e. The summed E-state index contributed by atoms with van der Waals surface area (Å²) in [5, 5.41) is 4.29. The monoisotopic (exact) mass is 321 g/mol. The van der Waals surface area contributed by atoms with Crippen LogP contribution in [-0.2, 0) is 6.54 Å². The van der Waals surface area contributed by atoms with Gasteiger partial charge in [0, 0.05) is 40.8 Å². The smallest absolute Gasteiger partial charge is 0.129 e. The Bertz CT molecular complexity index is 596. The van der Waals surface area contributed by atoms with Crippen LogP contribution in [0.25, 0.3) is 0 Å². The summed E-state index contributed by atoms with van der Waals surface area (Å²) in [6, 6.07) is 5.97. The highest BCUT2D eigenvalue weighted by molar-refractivity contribution is 9.10. The van der Waals surface area contributed by atoms with Crippen LogP contribution in [0.15, 0.2) is 35.1 Å². The summed E-state index contributed by atoms with van der Waals surface area (Å²) in [4.78, 5) is 0. The van der Waals surface area contributed by atoms with Crippen LogP contribution >= 0.6 is 15.9 Å². The highest BCUT2D eigenvalue weighted by Crippen LogP contribution is 2.40. The van der Waals surface area contributed by atoms with Crippen LogP contribution in [-0.4, -0.2) is 9.78 Å². The van der Waals surface area contributed by atoms with E-state index >= 15 is 0 Å². The van der Waals surface area contributed by atoms with Gasteiger partial charge in [-0.3, -0.25) is 4.68 Å². The van der Waals surface area contributed by atoms with E-state index in [1.807, 2.05) is 35.3 Å². The summed E-state index contributed by atoms with van der Waals surface area (Å²) in [5.41, 5.74) is 8.41. The average Bonchev–Trinajstić information content (AvgIpc) is 2.88. The lowest BCUT2D eigenvalue weighted by molar-refractivity contribution is 0.161. The molecule has 3 rings (SSSR count). The fourth-order valence-electron chi connectivity index (χ4n) is 2.40. The van der Waals surface area contributed by atoms with Crippen molar-refractivity contribution in [3.63, 3.8) is 0 Å². The Labute approximate surface area is 120 Å². The second kappa shape index (κ2) is 4.98. The first-order valence-corrected chi connectivity index (χ1v) is 7.20. The second-order valence-corrected chi connectivity index (χ2v) is 5.68. The van der Waals surface area contributed by atoms with Gasteiger partial charge in [-0.1, -0.05) is 15.9 Å². The molecule has 0 fully saturated rings. The number of nitrogens with two attached hydrogens (primary N) is 1. The molecule has 1 unspecified atom stereocenters. The summed E-state index contributed by atoms with van der Waals surface area (Å²) in [7, 11) is 0. The maximum Gasteiger partial charge on any atom is 0.129 e. The standard InChI is InChI=1S/C14H16BrN3O/c1-2-18-8-9(7-17-18)14-6-12(16)11-5-10(15)3-4-13(11)19-14/h3-5,7-8,12,14H,2,6,16H2,1H3/t12-,14?/m0/s1. The third kappa shape index (κ3) is 2.40. The quantitative estimate of drug-likeness (QED) is 0.924. The van der Waals surface area contributed by atoms with E-state index in [1.165, 1.54) is 0 Å². The first-order valence-electron chi connectivity index (χ1n) is 6.41. The van der Waals surface area contributed by atoms with E-state index < -0.39 is 0 Å². The number of rotatable bonds is 2. The molecule has 19 heavy (non-hydrogen) atoms. The summed E-state index contributed by atoms with van der Waals surface area (Å²) in [6.07, 6.45) is 4.66. The maximum atomic E-state index is 6.25. The van der Waals surface area contributed by atoms with E-state index in [4.69, 9.17) is 10.5 Å². The molecule has 1 aromatic carbocycles. The molecular formula is C14H16BrN3O. The fraction of sp³-hybridized carbons (Fsp3) is 0.357. The van der Waals surface area contributed by atoms with Crippen LogP contribution in [0, 0.1) is 0 Å². The van der Waals surface area contributed by atoms with Crippen LogP contribution in [0.2, 0.25) is 0 Å². The summed E-state index contributed by atoms with van der Waals surface area (Å²) >= 11 is 3.47. The van der Waals surface area contributed by atoms with E-state index in [2.05, 4.69) is 28.0 Å². The number of halogens is 1. The van der Waals surface area contributed by atoms with Gasteiger partial charge in [0.2, 0.25) is 0 Å². The van der Waals surface area contributed by atoms with Crippen molar-refractivity contribution in [1.82, 2.24) is 9.78 Å². The number of hydrogen-bond acceptors (Lipinski definition) is 3. The van der Waals surface area contributed by atoms with Crippen molar-refractivity contribution >= 4 is 15.9 Å². The normalized spacial score (nSPS) is 21.8. The Hall–Kier alpha value is -1.33. The van der Waals surface area contributed by atoms with E-state index in [0.29, 0.717) is 0 Å². The predicted octanol–water partition coefficient (Wildman–Crippen LogP) is 3.19. The van der Waals surface area contributed by atoms with Gasteiger partial charge in [0.25, 0.3) is 0 Å². The van der Waals surface area contributed by atoms with Crippen LogP contribution in [0.1, 0.15) is 36.6 Å². The van der Waals surface area contributed by atoms with Gasteiger partial charge in [-0.05, 0) is 25.1 Å². The molecule has 4 nitrogen and oxygen atoms in total. The van der Waals surface area contributed by atoms with Gasteiger partial charge in [-0.25, -0.2) is 0 Å². The molecule has 5 heteroatoms. The molecule has 0 amide bonds. The van der Waals surface area contributed by atoms with Crippen LogP contribution in [0.5, 0.6) is 5.75 Å². The molecule has 2 atom stereocenters. The molecule has 0 spiro atoms. The molecule has 100 valence electrons. The summed E-state index contributed by atoms with van der Waals surface area (Å²) < 4.78 is 8.98. The van der Waals surface area contributed by atoms with Crippen molar-refractivity contribution in [2.75, 3.05) is 0 Å². The molecule has 0 saturated carbocycles. The van der Waals surface area contributed by atoms with E-state index in [9.17, 15) is 0 Å². The van der Waals surface area contributed by atoms with Gasteiger partial charge < -0.3 is 10.5 Å². The lowest BCUT2D eigenvalue weighted by Crippen LogP contribution is -2.23. The van der Waals surface area contributed by atoms with Gasteiger partial charge in [0.05, 0.1) is 6.20 Å². The molecule has 1 aliphatic rings. The average molecular weight is 322 g/mol. The van der Waals surface area contributed by atoms with E-state index in [-0.39, 0.29) is 12.1 Å². The number of hydrogen-bond donors (Lipinski definition) is 1.